The van der Waals surface area contributed by atoms with Crippen LogP contribution >= 0.6 is 0 Å². The third-order valence-corrected chi connectivity index (χ3v) is 3.25. The van der Waals surface area contributed by atoms with Crippen LogP contribution in [0.25, 0.3) is 0 Å². The molecule has 2 rings (SSSR count). The lowest BCUT2D eigenvalue weighted by Crippen LogP contribution is -2.33. The van der Waals surface area contributed by atoms with Crippen LogP contribution in [0.1, 0.15) is 45.3 Å². The van der Waals surface area contributed by atoms with Crippen molar-refractivity contribution in [2.75, 3.05) is 0 Å². The molecule has 1 aromatic rings. The van der Waals surface area contributed by atoms with Crippen LogP contribution in [0.4, 0.5) is 0 Å². The molecule has 0 unspecified atom stereocenters. The van der Waals surface area contributed by atoms with Crippen molar-refractivity contribution in [1.82, 2.24) is 5.06 Å². The van der Waals surface area contributed by atoms with E-state index in [1.807, 2.05) is 0 Å². The van der Waals surface area contributed by atoms with Crippen molar-refractivity contribution in [2.45, 2.75) is 51.8 Å². The fourth-order valence-electron chi connectivity index (χ4n) is 2.38. The molecule has 0 aromatic heterocycles. The molecule has 0 aliphatic carbocycles. The van der Waals surface area contributed by atoms with Crippen LogP contribution in [0.15, 0.2) is 30.3 Å². The van der Waals surface area contributed by atoms with Gasteiger partial charge in [-0.3, -0.25) is 4.84 Å². The van der Waals surface area contributed by atoms with E-state index >= 15 is 0 Å². The van der Waals surface area contributed by atoms with E-state index in [-0.39, 0.29) is 6.10 Å². The average molecular weight is 219 g/mol. The van der Waals surface area contributed by atoms with Gasteiger partial charge in [-0.05, 0) is 32.3 Å². The SMILES string of the molecule is CC[C@@H]1C[C@@H](c2ccccc2)ON1C(C)C. The van der Waals surface area contributed by atoms with Crippen molar-refractivity contribution >= 4 is 0 Å². The average Bonchev–Trinajstić information content (AvgIpc) is 2.74. The van der Waals surface area contributed by atoms with Gasteiger partial charge in [0.25, 0.3) is 0 Å². The fraction of sp³-hybridized carbons (Fsp3) is 0.571. The lowest BCUT2D eigenvalue weighted by atomic mass is 10.0. The van der Waals surface area contributed by atoms with Crippen LogP contribution in [0.3, 0.4) is 0 Å². The van der Waals surface area contributed by atoms with Crippen molar-refractivity contribution in [1.29, 1.82) is 0 Å². The predicted molar refractivity (Wildman–Crippen MR) is 65.9 cm³/mol. The Labute approximate surface area is 98.2 Å². The van der Waals surface area contributed by atoms with Gasteiger partial charge in [0.2, 0.25) is 0 Å². The molecule has 0 saturated carbocycles. The van der Waals surface area contributed by atoms with E-state index in [1.165, 1.54) is 5.56 Å². The predicted octanol–water partition coefficient (Wildman–Crippen LogP) is 3.55. The van der Waals surface area contributed by atoms with Crippen LogP contribution in [-0.2, 0) is 4.84 Å². The summed E-state index contributed by atoms with van der Waals surface area (Å²) in [6.45, 7) is 6.61. The first-order valence-electron chi connectivity index (χ1n) is 6.22. The number of hydroxylamine groups is 2. The van der Waals surface area contributed by atoms with E-state index < -0.39 is 0 Å². The zero-order valence-corrected chi connectivity index (χ0v) is 10.4. The maximum absolute atomic E-state index is 6.05. The molecule has 2 atom stereocenters. The maximum atomic E-state index is 6.05. The number of hydrogen-bond donors (Lipinski definition) is 0. The van der Waals surface area contributed by atoms with Crippen LogP contribution in [-0.4, -0.2) is 17.1 Å². The summed E-state index contributed by atoms with van der Waals surface area (Å²) in [6.07, 6.45) is 2.51. The van der Waals surface area contributed by atoms with Gasteiger partial charge in [0.05, 0.1) is 0 Å². The molecule has 0 N–H and O–H groups in total. The molecule has 0 radical (unpaired) electrons. The van der Waals surface area contributed by atoms with E-state index in [4.69, 9.17) is 4.84 Å². The molecule has 1 fully saturated rings. The highest BCUT2D eigenvalue weighted by Gasteiger charge is 2.34. The Morgan fingerprint density at radius 2 is 2.00 bits per heavy atom. The molecule has 16 heavy (non-hydrogen) atoms. The Bertz CT molecular complexity index is 323. The molecular weight excluding hydrogens is 198 g/mol. The van der Waals surface area contributed by atoms with Gasteiger partial charge < -0.3 is 0 Å². The van der Waals surface area contributed by atoms with Gasteiger partial charge in [-0.2, -0.15) is 5.06 Å². The maximum Gasteiger partial charge on any atom is 0.106 e. The Balaban J connectivity index is 2.11. The molecular formula is C14H21NO. The summed E-state index contributed by atoms with van der Waals surface area (Å²) in [7, 11) is 0. The van der Waals surface area contributed by atoms with Crippen molar-refractivity contribution in [3.05, 3.63) is 35.9 Å². The highest BCUT2D eigenvalue weighted by Crippen LogP contribution is 2.35. The molecule has 0 bridgehead atoms. The third-order valence-electron chi connectivity index (χ3n) is 3.25. The normalized spacial score (nSPS) is 26.5. The van der Waals surface area contributed by atoms with Crippen LogP contribution < -0.4 is 0 Å². The highest BCUT2D eigenvalue weighted by molar-refractivity contribution is 5.18. The van der Waals surface area contributed by atoms with Gasteiger partial charge in [-0.1, -0.05) is 37.3 Å². The third kappa shape index (κ3) is 2.28. The smallest absolute Gasteiger partial charge is 0.106 e. The van der Waals surface area contributed by atoms with Gasteiger partial charge >= 0.3 is 0 Å². The van der Waals surface area contributed by atoms with Gasteiger partial charge in [0, 0.05) is 12.1 Å². The molecule has 1 aliphatic rings. The number of rotatable bonds is 3. The summed E-state index contributed by atoms with van der Waals surface area (Å²) in [5, 5.41) is 2.16. The molecule has 1 aromatic carbocycles. The first kappa shape index (κ1) is 11.6. The summed E-state index contributed by atoms with van der Waals surface area (Å²) in [5.41, 5.74) is 1.30. The number of benzene rings is 1. The zero-order valence-electron chi connectivity index (χ0n) is 10.4. The minimum Gasteiger partial charge on any atom is -0.290 e. The highest BCUT2D eigenvalue weighted by atomic mass is 16.7. The second-order valence-corrected chi connectivity index (χ2v) is 4.76. The largest absolute Gasteiger partial charge is 0.290 e. The summed E-state index contributed by atoms with van der Waals surface area (Å²) in [5.74, 6) is 0. The second kappa shape index (κ2) is 4.98. The Morgan fingerprint density at radius 3 is 2.50 bits per heavy atom. The molecule has 0 spiro atoms. The lowest BCUT2D eigenvalue weighted by Gasteiger charge is -2.25. The Hall–Kier alpha value is -0.860. The van der Waals surface area contributed by atoms with Crippen molar-refractivity contribution < 1.29 is 4.84 Å². The van der Waals surface area contributed by atoms with Crippen LogP contribution in [0, 0.1) is 0 Å². The minimum absolute atomic E-state index is 0.244. The molecule has 1 saturated heterocycles. The fourth-order valence-corrected chi connectivity index (χ4v) is 2.38. The first-order valence-corrected chi connectivity index (χ1v) is 6.22. The van der Waals surface area contributed by atoms with E-state index in [2.05, 4.69) is 56.2 Å². The lowest BCUT2D eigenvalue weighted by molar-refractivity contribution is -0.184. The van der Waals surface area contributed by atoms with E-state index in [1.54, 1.807) is 0 Å². The van der Waals surface area contributed by atoms with Crippen LogP contribution in [0.2, 0.25) is 0 Å². The number of nitrogens with zero attached hydrogens (tertiary/aromatic N) is 1. The molecule has 2 heteroatoms. The van der Waals surface area contributed by atoms with E-state index in [0.29, 0.717) is 12.1 Å². The van der Waals surface area contributed by atoms with Gasteiger partial charge in [-0.25, -0.2) is 0 Å². The zero-order chi connectivity index (χ0) is 11.5. The van der Waals surface area contributed by atoms with E-state index in [9.17, 15) is 0 Å². The monoisotopic (exact) mass is 219 g/mol. The molecule has 1 aliphatic heterocycles. The minimum atomic E-state index is 0.244. The molecule has 0 amide bonds. The quantitative estimate of drug-likeness (QED) is 0.770. The summed E-state index contributed by atoms with van der Waals surface area (Å²) in [4.78, 5) is 6.05. The van der Waals surface area contributed by atoms with Gasteiger partial charge in [0.1, 0.15) is 6.10 Å². The first-order chi connectivity index (χ1) is 7.72. The number of hydrogen-bond acceptors (Lipinski definition) is 2. The van der Waals surface area contributed by atoms with Crippen molar-refractivity contribution in [2.24, 2.45) is 0 Å². The molecule has 88 valence electrons. The van der Waals surface area contributed by atoms with Gasteiger partial charge in [-0.15, -0.1) is 0 Å². The Kier molecular flexibility index (Phi) is 3.62. The Morgan fingerprint density at radius 1 is 1.31 bits per heavy atom. The van der Waals surface area contributed by atoms with Crippen molar-refractivity contribution in [3.63, 3.8) is 0 Å². The van der Waals surface area contributed by atoms with E-state index in [0.717, 1.165) is 12.8 Å². The second-order valence-electron chi connectivity index (χ2n) is 4.76. The molecule has 1 heterocycles. The van der Waals surface area contributed by atoms with Crippen molar-refractivity contribution in [3.8, 4) is 0 Å². The van der Waals surface area contributed by atoms with Gasteiger partial charge in [0.15, 0.2) is 0 Å². The summed E-state index contributed by atoms with van der Waals surface area (Å²) in [6, 6.07) is 11.5. The van der Waals surface area contributed by atoms with Crippen LogP contribution in [0.5, 0.6) is 0 Å². The summed E-state index contributed by atoms with van der Waals surface area (Å²) >= 11 is 0. The topological polar surface area (TPSA) is 12.5 Å². The molecule has 2 nitrogen and oxygen atoms in total. The summed E-state index contributed by atoms with van der Waals surface area (Å²) < 4.78 is 0. The standard InChI is InChI=1S/C14H21NO/c1-4-13-10-14(16-15(13)11(2)3)12-8-6-5-7-9-12/h5-9,11,13-14H,4,10H2,1-3H3/t13-,14+/m1/s1.